The molecular weight excluding hydrogens is 1990 g/mol. The number of carbonyl (C=O) groups is 5. The highest BCUT2D eigenvalue weighted by atomic mass is 35.5. The number of nitrogens with zero attached hydrogens (tertiary/aromatic N) is 11. The van der Waals surface area contributed by atoms with Crippen LogP contribution in [0.5, 0.6) is 28.7 Å². The molecule has 10 N–H and O–H groups in total. The zero-order valence-electron chi connectivity index (χ0n) is 80.8. The van der Waals surface area contributed by atoms with Gasteiger partial charge in [-0.1, -0.05) is 93.9 Å². The third-order valence-corrected chi connectivity index (χ3v) is 31.8. The van der Waals surface area contributed by atoms with Crippen LogP contribution in [0.25, 0.3) is 38.1 Å². The van der Waals surface area contributed by atoms with Gasteiger partial charge in [-0.3, -0.25) is 38.3 Å². The molecule has 0 radical (unpaired) electrons. The van der Waals surface area contributed by atoms with Crippen LogP contribution in [0.1, 0.15) is 124 Å². The molecule has 10 bridgehead atoms. The van der Waals surface area contributed by atoms with E-state index in [1.807, 2.05) is 113 Å². The Bertz CT molecular complexity index is 7010. The number of carbonyl (C=O) groups excluding carboxylic acids is 5. The van der Waals surface area contributed by atoms with Crippen molar-refractivity contribution in [3.05, 3.63) is 271 Å². The second-order valence-corrected chi connectivity index (χ2v) is 44.3. The summed E-state index contributed by atoms with van der Waals surface area (Å²) in [6.45, 7) is 7.57. The van der Waals surface area contributed by atoms with E-state index in [1.165, 1.54) is 58.6 Å². The van der Waals surface area contributed by atoms with Crippen LogP contribution in [0.15, 0.2) is 201 Å². The van der Waals surface area contributed by atoms with Gasteiger partial charge < -0.3 is 81.8 Å². The number of halogens is 8. The summed E-state index contributed by atoms with van der Waals surface area (Å²) >= 11 is 35.2. The highest BCUT2D eigenvalue weighted by Crippen LogP contribution is 2.66. The molecule has 1 aliphatic heterocycles. The average Bonchev–Trinajstić information content (AvgIpc) is 0.814. The number of hydrogen-bond acceptors (Lipinski definition) is 23. The minimum Gasteiger partial charge on any atom is -0.484 e. The molecule has 15 aliphatic carbocycles. The monoisotopic (exact) mass is 2090 g/mol. The SMILES string of the molecule is Cc1cc(OCC(=O)NC23CC(Nc4cccc5c4CCN(C)C5)(C2)C3)ccc1Cl.Cc1cc(OCC(=O)NC23CC(Nc4cccc5cnccc45)(C2)C3)ccc1Cl.Cc1cc2c(NC34CC(NC(=O)COc5ccc(Cl)c(Cl)c5)(C3)C4)nccn2n1.Cn1cc2c(NC34CC(NC(=O)COc5ccc(Cl)c(F)c5)(C3)C4)nccc2n1.Cn1cc2ccnc(NC34CC(NC(=O)COc5ccc(Cl)c(F)c5)(C3)C4)c2n1. The van der Waals surface area contributed by atoms with Crippen molar-refractivity contribution in [3.63, 3.8) is 0 Å². The number of aromatic nitrogens is 10. The first-order valence-electron chi connectivity index (χ1n) is 48.4. The number of fused-ring (bicyclic) bond motifs is 5. The number of benzene rings is 7. The lowest BCUT2D eigenvalue weighted by Crippen LogP contribution is -2.81. The number of pyridine rings is 3. The van der Waals surface area contributed by atoms with Gasteiger partial charge in [-0.2, -0.15) is 15.3 Å². The van der Waals surface area contributed by atoms with E-state index in [0.29, 0.717) is 37.3 Å². The molecule has 5 amide bonds. The lowest BCUT2D eigenvalue weighted by Gasteiger charge is -2.70. The molecule has 14 aromatic rings. The number of hydrogen-bond donors (Lipinski definition) is 10. The number of ether oxygens (including phenoxy) is 5. The fourth-order valence-electron chi connectivity index (χ4n) is 23.7. The molecule has 31 nitrogen and oxygen atoms in total. The van der Waals surface area contributed by atoms with E-state index in [9.17, 15) is 32.8 Å². The van der Waals surface area contributed by atoms with Crippen molar-refractivity contribution in [1.29, 1.82) is 0 Å². The van der Waals surface area contributed by atoms with Crippen molar-refractivity contribution in [1.82, 2.24) is 80.6 Å². The highest BCUT2D eigenvalue weighted by Gasteiger charge is 2.73. The minimum atomic E-state index is -0.575. The predicted molar refractivity (Wildman–Crippen MR) is 557 cm³/mol. The Labute approximate surface area is 869 Å². The first-order chi connectivity index (χ1) is 69.9. The molecule has 15 saturated carbocycles. The van der Waals surface area contributed by atoms with Gasteiger partial charge in [-0.25, -0.2) is 28.2 Å². The van der Waals surface area contributed by atoms with Gasteiger partial charge in [0, 0.05) is 188 Å². The van der Waals surface area contributed by atoms with Crippen molar-refractivity contribution in [2.45, 2.75) is 185 Å². The van der Waals surface area contributed by atoms with E-state index in [0.717, 1.165) is 188 Å². The van der Waals surface area contributed by atoms with Gasteiger partial charge in [0.2, 0.25) is 0 Å². The quantitative estimate of drug-likeness (QED) is 0.0200. The second kappa shape index (κ2) is 38.5. The summed E-state index contributed by atoms with van der Waals surface area (Å²) in [5.74, 6) is 2.93. The first-order valence-corrected chi connectivity index (χ1v) is 50.6. The summed E-state index contributed by atoms with van der Waals surface area (Å²) in [7, 11) is 5.94. The third-order valence-electron chi connectivity index (χ3n) is 29.6. The standard InChI is InChI=1S/C24H28ClN3O2.C23H22ClN3O2.C20H19Cl2N5O2.2C20H19ClFN5O2/c1-16-10-18(6-7-20(16)25)30-12-22(29)27-24-13-23(14-24,15-24)26-21-5-3-4-17-11-28(2)9-8-19(17)21;1-15-9-17(5-6-19(15)24)29-11-21(28)27-23-12-22(13-23,14-23)26-20-4-2-3-16-10-25-8-7-18(16)20;1-12-6-16-18(23-4-5-27(16)26-12)25-20-9-19(10-20,11-20)24-17(28)8-29-13-2-3-14(21)15(22)7-13;1-27-7-12-4-5-23-18(17(12)26-27)25-20-9-19(10-20,11-20)24-16(28)8-29-13-2-3-14(21)15(22)6-13;1-27-7-13-16(26-27)4-5-23-18(13)25-20-9-19(10-20,11-20)24-17(28)8-29-12-2-3-14(21)15(22)6-12/h3-7,10,26H,8-9,11-15H2,1-2H3,(H,27,29);2-10,26H,11-14H2,1H3,(H,27,28);3*2-7H,8-11H2,1H3,(H,23,25)(H,24,28). The molecule has 0 atom stereocenters. The Kier molecular flexibility index (Phi) is 26.0. The van der Waals surface area contributed by atoms with Crippen LogP contribution in [0, 0.1) is 32.4 Å². The van der Waals surface area contributed by atoms with Crippen LogP contribution in [0.2, 0.25) is 30.1 Å². The maximum Gasteiger partial charge on any atom is 0.258 e. The van der Waals surface area contributed by atoms with Crippen molar-refractivity contribution in [2.75, 3.05) is 73.2 Å². The zero-order valence-corrected chi connectivity index (χ0v) is 85.4. The number of nitrogens with one attached hydrogen (secondary N) is 10. The maximum atomic E-state index is 13.4. The van der Waals surface area contributed by atoms with Crippen molar-refractivity contribution < 1.29 is 56.4 Å². The molecule has 756 valence electrons. The molecule has 146 heavy (non-hydrogen) atoms. The zero-order chi connectivity index (χ0) is 102. The fourth-order valence-corrected chi connectivity index (χ4v) is 24.4. The summed E-state index contributed by atoms with van der Waals surface area (Å²) < 4.78 is 59.7. The Balaban J connectivity index is 0.000000107. The molecule has 7 aromatic carbocycles. The van der Waals surface area contributed by atoms with Gasteiger partial charge in [0.15, 0.2) is 44.7 Å². The summed E-state index contributed by atoms with van der Waals surface area (Å²) in [4.78, 5) is 81.5. The Morgan fingerprint density at radius 3 is 1.31 bits per heavy atom. The molecule has 16 aliphatic rings. The molecule has 8 heterocycles. The predicted octanol–water partition coefficient (Wildman–Crippen LogP) is 18.1. The van der Waals surface area contributed by atoms with Crippen LogP contribution in [0.4, 0.5) is 37.6 Å². The summed E-state index contributed by atoms with van der Waals surface area (Å²) in [5, 5.41) is 53.6. The Hall–Kier alpha value is -13.3. The van der Waals surface area contributed by atoms with E-state index < -0.39 is 11.6 Å². The number of amides is 5. The van der Waals surface area contributed by atoms with Crippen LogP contribution < -0.4 is 76.9 Å². The molecule has 0 saturated heterocycles. The number of rotatable bonds is 30. The lowest BCUT2D eigenvalue weighted by atomic mass is 9.44. The Morgan fingerprint density at radius 2 is 0.808 bits per heavy atom. The van der Waals surface area contributed by atoms with Crippen molar-refractivity contribution in [3.8, 4) is 28.7 Å². The number of anilines is 5. The summed E-state index contributed by atoms with van der Waals surface area (Å²) in [6, 6.07) is 44.7. The average molecular weight is 2100 g/mol. The largest absolute Gasteiger partial charge is 0.484 e. The van der Waals surface area contributed by atoms with E-state index in [2.05, 4.69) is 131 Å². The second-order valence-electron chi connectivity index (χ2n) is 41.8. The van der Waals surface area contributed by atoms with Crippen molar-refractivity contribution >= 4 is 166 Å². The molecule has 39 heteroatoms. The molecule has 0 unspecified atom stereocenters. The topological polar surface area (TPSA) is 360 Å². The normalized spacial score (nSPS) is 24.9. The smallest absolute Gasteiger partial charge is 0.258 e. The van der Waals surface area contributed by atoms with Crippen LogP contribution in [-0.4, -0.2) is 186 Å². The Morgan fingerprint density at radius 1 is 0.384 bits per heavy atom. The van der Waals surface area contributed by atoms with Crippen molar-refractivity contribution in [2.24, 2.45) is 14.1 Å². The van der Waals surface area contributed by atoms with Gasteiger partial charge in [0.1, 0.15) is 57.2 Å². The van der Waals surface area contributed by atoms with Crippen LogP contribution >= 0.6 is 69.6 Å². The number of aryl methyl sites for hydroxylation is 5. The van der Waals surface area contributed by atoms with Crippen LogP contribution in [-0.2, 0) is 51.0 Å². The molecule has 7 aromatic heterocycles. The van der Waals surface area contributed by atoms with Gasteiger partial charge >= 0.3 is 0 Å². The van der Waals surface area contributed by atoms with E-state index in [1.54, 1.807) is 70.4 Å². The third kappa shape index (κ3) is 20.6. The highest BCUT2D eigenvalue weighted by molar-refractivity contribution is 6.42. The molecule has 15 fully saturated rings. The molecular formula is C107H107Cl6F2N21O10. The van der Waals surface area contributed by atoms with E-state index in [4.69, 9.17) is 93.3 Å². The minimum absolute atomic E-state index is 0.00907. The summed E-state index contributed by atoms with van der Waals surface area (Å²) in [5.41, 5.74) is 10.3. The lowest BCUT2D eigenvalue weighted by molar-refractivity contribution is -0.136. The molecule has 30 rings (SSSR count). The van der Waals surface area contributed by atoms with Gasteiger partial charge in [0.05, 0.1) is 36.7 Å². The molecule has 0 spiro atoms. The van der Waals surface area contributed by atoms with Gasteiger partial charge in [-0.05, 0) is 262 Å². The fraction of sp³-hybridized carbons (Fsp3) is 0.364. The summed E-state index contributed by atoms with van der Waals surface area (Å²) in [6.07, 6.45) is 29.1. The van der Waals surface area contributed by atoms with E-state index >= 15 is 0 Å². The maximum absolute atomic E-state index is 13.4. The van der Waals surface area contributed by atoms with Gasteiger partial charge in [-0.15, -0.1) is 0 Å². The van der Waals surface area contributed by atoms with Gasteiger partial charge in [0.25, 0.3) is 29.5 Å². The first kappa shape index (κ1) is 98.7. The van der Waals surface area contributed by atoms with E-state index in [-0.39, 0.29) is 140 Å². The van der Waals surface area contributed by atoms with Crippen LogP contribution in [0.3, 0.4) is 0 Å². The number of likely N-dealkylation sites (N-methyl/N-ethyl adjacent to an activating group) is 1.